The van der Waals surface area contributed by atoms with Crippen LogP contribution in [0.5, 0.6) is 0 Å². The number of thiocarbonyl (C=S) groups is 1. The molecule has 1 aromatic carbocycles. The molecular weight excluding hydrogens is 310 g/mol. The minimum atomic E-state index is -2.00. The standard InChI is InChI=1S/C15H11N7S/c1-10(11-5-3-2-4-6-11)21-22-14(23)20-13(19)12(7-16)15(22,8-17)9-18/h2-6H,19H2,1H3,(H,20,23)/b21-10-. The summed E-state index contributed by atoms with van der Waals surface area (Å²) >= 11 is 5.14. The summed E-state index contributed by atoms with van der Waals surface area (Å²) < 4.78 is 0. The van der Waals surface area contributed by atoms with Crippen molar-refractivity contribution in [3.8, 4) is 18.2 Å². The largest absolute Gasteiger partial charge is 0.384 e. The van der Waals surface area contributed by atoms with Crippen LogP contribution in [-0.4, -0.2) is 21.4 Å². The summed E-state index contributed by atoms with van der Waals surface area (Å²) in [5.41, 5.74) is 4.78. The molecule has 0 spiro atoms. The Hall–Kier alpha value is -3.41. The molecule has 2 rings (SSSR count). The zero-order valence-corrected chi connectivity index (χ0v) is 12.9. The number of benzene rings is 1. The molecule has 112 valence electrons. The first kappa shape index (κ1) is 16.0. The SMILES string of the molecule is C/C(=N/N1C(=S)NC(N)=C(C#N)C1(C#N)C#N)c1ccccc1. The molecule has 8 heteroatoms. The molecular formula is C15H11N7S. The average Bonchev–Trinajstić information content (AvgIpc) is 2.57. The topological polar surface area (TPSA) is 125 Å². The van der Waals surface area contributed by atoms with E-state index in [-0.39, 0.29) is 16.5 Å². The lowest BCUT2D eigenvalue weighted by Crippen LogP contribution is -2.58. The lowest BCUT2D eigenvalue weighted by atomic mass is 9.91. The molecule has 0 aliphatic carbocycles. The van der Waals surface area contributed by atoms with E-state index in [1.54, 1.807) is 25.1 Å². The molecule has 1 aromatic rings. The number of rotatable bonds is 2. The molecule has 23 heavy (non-hydrogen) atoms. The van der Waals surface area contributed by atoms with Gasteiger partial charge in [0.1, 0.15) is 29.6 Å². The van der Waals surface area contributed by atoms with Crippen LogP contribution in [0.3, 0.4) is 0 Å². The van der Waals surface area contributed by atoms with Crippen molar-refractivity contribution >= 4 is 23.0 Å². The zero-order valence-electron chi connectivity index (χ0n) is 12.1. The molecule has 7 nitrogen and oxygen atoms in total. The van der Waals surface area contributed by atoms with Crippen LogP contribution < -0.4 is 11.1 Å². The van der Waals surface area contributed by atoms with E-state index in [0.717, 1.165) is 10.6 Å². The van der Waals surface area contributed by atoms with Crippen molar-refractivity contribution in [1.82, 2.24) is 10.3 Å². The van der Waals surface area contributed by atoms with E-state index < -0.39 is 5.54 Å². The Balaban J connectivity index is 2.62. The summed E-state index contributed by atoms with van der Waals surface area (Å²) in [6.45, 7) is 1.71. The van der Waals surface area contributed by atoms with Gasteiger partial charge >= 0.3 is 0 Å². The Bertz CT molecular complexity index is 819. The molecule has 1 aliphatic rings. The third kappa shape index (κ3) is 2.57. The van der Waals surface area contributed by atoms with Crippen LogP contribution in [0, 0.1) is 34.0 Å². The Morgan fingerprint density at radius 3 is 2.39 bits per heavy atom. The van der Waals surface area contributed by atoms with Gasteiger partial charge in [0.15, 0.2) is 5.11 Å². The summed E-state index contributed by atoms with van der Waals surface area (Å²) in [4.78, 5) is 0. The fourth-order valence-electron chi connectivity index (χ4n) is 2.06. The Morgan fingerprint density at radius 2 is 1.87 bits per heavy atom. The first-order valence-corrected chi connectivity index (χ1v) is 6.85. The van der Waals surface area contributed by atoms with Crippen molar-refractivity contribution in [2.45, 2.75) is 12.5 Å². The summed E-state index contributed by atoms with van der Waals surface area (Å²) in [5.74, 6) is -0.121. The molecule has 0 saturated carbocycles. The van der Waals surface area contributed by atoms with Crippen LogP contribution >= 0.6 is 12.2 Å². The summed E-state index contributed by atoms with van der Waals surface area (Å²) in [7, 11) is 0. The van der Waals surface area contributed by atoms with Crippen LogP contribution in [0.15, 0.2) is 46.8 Å². The minimum Gasteiger partial charge on any atom is -0.384 e. The molecule has 0 bridgehead atoms. The predicted molar refractivity (Wildman–Crippen MR) is 87.0 cm³/mol. The van der Waals surface area contributed by atoms with Gasteiger partial charge in [-0.25, -0.2) is 0 Å². The Labute approximate surface area is 138 Å². The Kier molecular flexibility index (Phi) is 4.27. The second kappa shape index (κ2) is 6.15. The summed E-state index contributed by atoms with van der Waals surface area (Å²) in [6, 6.07) is 14.6. The number of nitrogens with one attached hydrogen (secondary N) is 1. The van der Waals surface area contributed by atoms with E-state index in [9.17, 15) is 15.8 Å². The van der Waals surface area contributed by atoms with Crippen molar-refractivity contribution in [3.63, 3.8) is 0 Å². The van der Waals surface area contributed by atoms with E-state index in [1.807, 2.05) is 30.3 Å². The highest BCUT2D eigenvalue weighted by Crippen LogP contribution is 2.29. The number of hydrogen-bond donors (Lipinski definition) is 2. The maximum atomic E-state index is 9.52. The van der Waals surface area contributed by atoms with Gasteiger partial charge in [-0.15, -0.1) is 0 Å². The number of nitrogens with two attached hydrogens (primary N) is 1. The summed E-state index contributed by atoms with van der Waals surface area (Å²) in [5, 5.41) is 36.2. The number of hydrazone groups is 1. The zero-order chi connectivity index (χ0) is 17.0. The molecule has 0 unspecified atom stereocenters. The van der Waals surface area contributed by atoms with E-state index in [4.69, 9.17) is 18.0 Å². The molecule has 1 aliphatic heterocycles. The third-order valence-corrected chi connectivity index (χ3v) is 3.53. The molecule has 0 fully saturated rings. The van der Waals surface area contributed by atoms with Gasteiger partial charge in [-0.1, -0.05) is 30.3 Å². The van der Waals surface area contributed by atoms with Gasteiger partial charge in [0, 0.05) is 0 Å². The van der Waals surface area contributed by atoms with Gasteiger partial charge in [-0.05, 0) is 24.7 Å². The number of nitriles is 3. The quantitative estimate of drug-likeness (QED) is 0.616. The molecule has 0 atom stereocenters. The van der Waals surface area contributed by atoms with Gasteiger partial charge in [0.05, 0.1) is 5.71 Å². The van der Waals surface area contributed by atoms with Crippen molar-refractivity contribution in [2.24, 2.45) is 10.8 Å². The van der Waals surface area contributed by atoms with Crippen molar-refractivity contribution in [1.29, 1.82) is 15.8 Å². The molecule has 0 aromatic heterocycles. The molecule has 0 radical (unpaired) electrons. The van der Waals surface area contributed by atoms with E-state index >= 15 is 0 Å². The van der Waals surface area contributed by atoms with Crippen LogP contribution in [0.4, 0.5) is 0 Å². The molecule has 0 amide bonds. The third-order valence-electron chi connectivity index (χ3n) is 3.26. The lowest BCUT2D eigenvalue weighted by Gasteiger charge is -2.35. The van der Waals surface area contributed by atoms with Crippen LogP contribution in [0.1, 0.15) is 12.5 Å². The van der Waals surface area contributed by atoms with Crippen molar-refractivity contribution < 1.29 is 0 Å². The highest BCUT2D eigenvalue weighted by Gasteiger charge is 2.49. The monoisotopic (exact) mass is 321 g/mol. The van der Waals surface area contributed by atoms with Gasteiger partial charge in [-0.2, -0.15) is 25.9 Å². The fourth-order valence-corrected chi connectivity index (χ4v) is 2.35. The van der Waals surface area contributed by atoms with Crippen LogP contribution in [0.25, 0.3) is 0 Å². The first-order valence-electron chi connectivity index (χ1n) is 6.45. The second-order valence-electron chi connectivity index (χ2n) is 4.63. The van der Waals surface area contributed by atoms with E-state index in [2.05, 4.69) is 10.4 Å². The average molecular weight is 321 g/mol. The normalized spacial score (nSPS) is 16.9. The molecule has 0 saturated heterocycles. The van der Waals surface area contributed by atoms with Gasteiger partial charge in [-0.3, -0.25) is 0 Å². The van der Waals surface area contributed by atoms with Crippen molar-refractivity contribution in [3.05, 3.63) is 47.3 Å². The van der Waals surface area contributed by atoms with E-state index in [1.165, 1.54) is 0 Å². The van der Waals surface area contributed by atoms with Crippen molar-refractivity contribution in [2.75, 3.05) is 0 Å². The lowest BCUT2D eigenvalue weighted by molar-refractivity contribution is 0.339. The fraction of sp³-hybridized carbons (Fsp3) is 0.133. The second-order valence-corrected chi connectivity index (χ2v) is 5.01. The van der Waals surface area contributed by atoms with Gasteiger partial charge in [0.25, 0.3) is 5.54 Å². The maximum absolute atomic E-state index is 9.52. The van der Waals surface area contributed by atoms with Gasteiger partial charge < -0.3 is 11.1 Å². The Morgan fingerprint density at radius 1 is 1.26 bits per heavy atom. The minimum absolute atomic E-state index is 0.0279. The van der Waals surface area contributed by atoms with Crippen LogP contribution in [0.2, 0.25) is 0 Å². The number of nitrogens with zero attached hydrogens (tertiary/aromatic N) is 5. The smallest absolute Gasteiger partial charge is 0.274 e. The maximum Gasteiger partial charge on any atom is 0.274 e. The van der Waals surface area contributed by atoms with Gasteiger partial charge in [0.2, 0.25) is 0 Å². The highest BCUT2D eigenvalue weighted by atomic mass is 32.1. The highest BCUT2D eigenvalue weighted by molar-refractivity contribution is 7.80. The number of hydrogen-bond acceptors (Lipinski definition) is 6. The van der Waals surface area contributed by atoms with Crippen LogP contribution in [-0.2, 0) is 0 Å². The first-order chi connectivity index (χ1) is 11.0. The molecule has 3 N–H and O–H groups in total. The van der Waals surface area contributed by atoms with E-state index in [0.29, 0.717) is 5.71 Å². The summed E-state index contributed by atoms with van der Waals surface area (Å²) in [6.07, 6.45) is 0. The molecule has 1 heterocycles. The predicted octanol–water partition coefficient (Wildman–Crippen LogP) is 1.08.